The van der Waals surface area contributed by atoms with E-state index in [-0.39, 0.29) is 89.0 Å². The predicted molar refractivity (Wildman–Crippen MR) is 509 cm³/mol. The highest BCUT2D eigenvalue weighted by atomic mass is 35.5. The molecule has 0 aliphatic carbocycles. The lowest BCUT2D eigenvalue weighted by Crippen LogP contribution is -2.19. The number of hydrogen-bond acceptors (Lipinski definition) is 24. The van der Waals surface area contributed by atoms with Gasteiger partial charge >= 0.3 is 0 Å². The molecular weight excluding hydrogens is 1740 g/mol. The lowest BCUT2D eigenvalue weighted by molar-refractivity contribution is 0.153. The van der Waals surface area contributed by atoms with Gasteiger partial charge in [0.25, 0.3) is 0 Å². The first-order valence-electron chi connectivity index (χ1n) is 44.3. The molecule has 6 heterocycles. The average molecular weight is 1860 g/mol. The fourth-order valence-electron chi connectivity index (χ4n) is 14.7. The Morgan fingerprint density at radius 2 is 0.444 bits per heavy atom. The smallest absolute Gasteiger partial charge is 0.231 e. The molecule has 6 aliphatic rings. The number of rotatable bonds is 36. The average Bonchev–Trinajstić information content (AvgIpc) is 1.57. The Morgan fingerprint density at radius 3 is 0.647 bits per heavy atom. The monoisotopic (exact) mass is 1860 g/mol. The second-order valence-electron chi connectivity index (χ2n) is 32.1. The number of nitrogens with zero attached hydrogens (tertiary/aromatic N) is 3. The van der Waals surface area contributed by atoms with E-state index >= 15 is 0 Å². The fraction of sp³-hybridized carbons (Fsp3) is 0.314. The van der Waals surface area contributed by atoms with Crippen LogP contribution in [-0.2, 0) is 0 Å². The summed E-state index contributed by atoms with van der Waals surface area (Å²) in [6.45, 7) is 6.62. The van der Waals surface area contributed by atoms with E-state index in [9.17, 15) is 8.78 Å². The number of hydrogen-bond donors (Lipinski definition) is 3. The van der Waals surface area contributed by atoms with Crippen LogP contribution in [0.15, 0.2) is 267 Å². The second-order valence-corrected chi connectivity index (χ2v) is 32.9. The standard InChI is InChI=1S/C18H20ClNO3.C18H20FNO3.C18H21NO3.C17H18ClNO3.C17H18FNO3.C17H19NO3/c2*1-20(2)11-10-15(13-6-8-14(19)9-7-13)23-17-5-3-4-16-18(17)22-12-21-16;1-19(2)12-11-15(14-7-4-3-5-8-14)22-17-10-6-9-16-18(17)21-13-20-16;2*1-19-10-9-14(12-5-7-13(18)8-6-12)22-16-4-2-3-15-17(16)21-11-20-15;1-18-11-10-14(13-6-3-2-4-7-13)21-16-9-5-8-15-17(16)20-12-19-15/h2*3-9,15H,10-12H2,1-2H3;3-10,15H,11-13H2,1-2H3;2*2-8,14,19H,9-11H2,1H3;2-9,14,18H,10-12H2,1H3. The van der Waals surface area contributed by atoms with Crippen LogP contribution in [0.2, 0.25) is 10.0 Å². The van der Waals surface area contributed by atoms with Crippen molar-refractivity contribution in [2.45, 2.75) is 75.1 Å². The van der Waals surface area contributed by atoms with Crippen LogP contribution < -0.4 is 101 Å². The van der Waals surface area contributed by atoms with Crippen LogP contribution in [-0.4, -0.2) is 158 Å². The van der Waals surface area contributed by atoms with Crippen molar-refractivity contribution in [2.75, 3.05) is 143 Å². The summed E-state index contributed by atoms with van der Waals surface area (Å²) < 4.78 is 129. The molecule has 0 amide bonds. The summed E-state index contributed by atoms with van der Waals surface area (Å²) in [5, 5.41) is 10.9. The number of nitrogens with one attached hydrogen (secondary N) is 3. The molecule has 0 saturated heterocycles. The van der Waals surface area contributed by atoms with Crippen LogP contribution in [0.1, 0.15) is 109 Å². The van der Waals surface area contributed by atoms with E-state index in [0.29, 0.717) is 74.0 Å². The van der Waals surface area contributed by atoms with Gasteiger partial charge in [0.1, 0.15) is 48.3 Å². The molecule has 12 aromatic carbocycles. The highest BCUT2D eigenvalue weighted by Crippen LogP contribution is 2.49. The molecule has 18 rings (SSSR count). The van der Waals surface area contributed by atoms with E-state index in [2.05, 4.69) is 83.1 Å². The zero-order valence-electron chi connectivity index (χ0n) is 76.3. The molecule has 0 radical (unpaired) electrons. The molecule has 6 aliphatic heterocycles. The first-order valence-corrected chi connectivity index (χ1v) is 45.0. The quantitative estimate of drug-likeness (QED) is 0.0333. The van der Waals surface area contributed by atoms with Crippen molar-refractivity contribution in [1.82, 2.24) is 30.7 Å². The van der Waals surface area contributed by atoms with Crippen molar-refractivity contribution >= 4 is 23.2 Å². The third-order valence-electron chi connectivity index (χ3n) is 21.6. The van der Waals surface area contributed by atoms with Gasteiger partial charge < -0.3 is 116 Å². The van der Waals surface area contributed by atoms with Gasteiger partial charge in [-0.1, -0.05) is 169 Å². The van der Waals surface area contributed by atoms with E-state index in [1.54, 1.807) is 24.3 Å². The maximum atomic E-state index is 13.2. The van der Waals surface area contributed by atoms with Crippen molar-refractivity contribution in [3.05, 3.63) is 322 Å². The van der Waals surface area contributed by atoms with E-state index in [4.69, 9.17) is 108 Å². The summed E-state index contributed by atoms with van der Waals surface area (Å²) >= 11 is 12.0. The Hall–Kier alpha value is -12.8. The van der Waals surface area contributed by atoms with Crippen molar-refractivity contribution in [2.24, 2.45) is 0 Å². The van der Waals surface area contributed by atoms with Gasteiger partial charge in [0.2, 0.25) is 75.3 Å². The molecule has 133 heavy (non-hydrogen) atoms. The number of para-hydroxylation sites is 6. The first kappa shape index (κ1) is 97.8. The zero-order valence-corrected chi connectivity index (χ0v) is 77.8. The molecule has 0 aromatic heterocycles. The van der Waals surface area contributed by atoms with Gasteiger partial charge in [0.05, 0.1) is 0 Å². The first-order chi connectivity index (χ1) is 64.9. The van der Waals surface area contributed by atoms with Crippen LogP contribution in [0.25, 0.3) is 0 Å². The van der Waals surface area contributed by atoms with Crippen LogP contribution in [0.5, 0.6) is 103 Å². The zero-order chi connectivity index (χ0) is 93.1. The topological polar surface area (TPSA) is 212 Å². The summed E-state index contributed by atoms with van der Waals surface area (Å²) in [4.78, 5) is 6.39. The summed E-state index contributed by atoms with van der Waals surface area (Å²) in [7, 11) is 18.0. The molecule has 0 saturated carbocycles. The minimum absolute atomic E-state index is 0.0145. The third-order valence-corrected chi connectivity index (χ3v) is 22.1. The van der Waals surface area contributed by atoms with E-state index in [1.807, 2.05) is 229 Å². The van der Waals surface area contributed by atoms with Crippen molar-refractivity contribution in [1.29, 1.82) is 0 Å². The normalized spacial score (nSPS) is 14.0. The van der Waals surface area contributed by atoms with Crippen LogP contribution in [0.4, 0.5) is 8.78 Å². The van der Waals surface area contributed by atoms with E-state index in [1.165, 1.54) is 29.8 Å². The molecule has 6 unspecified atom stereocenters. The molecule has 28 heteroatoms. The second kappa shape index (κ2) is 50.8. The fourth-order valence-corrected chi connectivity index (χ4v) is 14.9. The van der Waals surface area contributed by atoms with Crippen LogP contribution in [0.3, 0.4) is 0 Å². The highest BCUT2D eigenvalue weighted by Gasteiger charge is 2.30. The van der Waals surface area contributed by atoms with Gasteiger partial charge in [0, 0.05) is 68.2 Å². The Bertz CT molecular complexity index is 5220. The Labute approximate surface area is 787 Å². The minimum Gasteiger partial charge on any atom is -0.482 e. The number of benzene rings is 12. The Morgan fingerprint density at radius 1 is 0.248 bits per heavy atom. The molecular formula is C105H116Cl2F2N6O18. The number of halogens is 4. The summed E-state index contributed by atoms with van der Waals surface area (Å²) in [6, 6.07) is 82.8. The lowest BCUT2D eigenvalue weighted by Gasteiger charge is -2.22. The summed E-state index contributed by atoms with van der Waals surface area (Å²) in [5.41, 5.74) is 6.35. The molecule has 12 aromatic rings. The molecule has 702 valence electrons. The van der Waals surface area contributed by atoms with Gasteiger partial charge in [-0.05, 0) is 238 Å². The van der Waals surface area contributed by atoms with Gasteiger partial charge in [-0.25, -0.2) is 8.78 Å². The molecule has 24 nitrogen and oxygen atoms in total. The molecule has 3 N–H and O–H groups in total. The van der Waals surface area contributed by atoms with E-state index < -0.39 is 0 Å². The summed E-state index contributed by atoms with van der Waals surface area (Å²) in [6.07, 6.45) is 4.45. The predicted octanol–water partition coefficient (Wildman–Crippen LogP) is 21.5. The number of fused-ring (bicyclic) bond motifs is 6. The maximum absolute atomic E-state index is 13.2. The van der Waals surface area contributed by atoms with E-state index in [0.717, 1.165) is 145 Å². The SMILES string of the molecule is CN(C)CCC(Oc1cccc2c1OCO2)c1ccc(Cl)cc1.CN(C)CCC(Oc1cccc2c1OCO2)c1ccc(F)cc1.CN(C)CCC(Oc1cccc2c1OCO2)c1ccccc1.CNCCC(Oc1cccc2c1OCO2)c1ccc(Cl)cc1.CNCCC(Oc1cccc2c1OCO2)c1ccc(F)cc1.CNCCC(Oc1cccc2c1OCO2)c1ccccc1. The Kier molecular flexibility index (Phi) is 37.3. The van der Waals surface area contributed by atoms with Crippen LogP contribution in [0, 0.1) is 11.6 Å². The van der Waals surface area contributed by atoms with Crippen molar-refractivity contribution in [3.8, 4) is 103 Å². The third kappa shape index (κ3) is 28.9. The van der Waals surface area contributed by atoms with Crippen LogP contribution >= 0.6 is 23.2 Å². The molecule has 0 bridgehead atoms. The van der Waals surface area contributed by atoms with Gasteiger partial charge in [-0.15, -0.1) is 0 Å². The molecule has 0 fully saturated rings. The van der Waals surface area contributed by atoms with Gasteiger partial charge in [-0.2, -0.15) is 0 Å². The largest absolute Gasteiger partial charge is 0.482 e. The maximum Gasteiger partial charge on any atom is 0.231 e. The van der Waals surface area contributed by atoms with Crippen molar-refractivity contribution in [3.63, 3.8) is 0 Å². The molecule has 0 spiro atoms. The minimum atomic E-state index is -0.256. The highest BCUT2D eigenvalue weighted by molar-refractivity contribution is 6.30. The molecule has 6 atom stereocenters. The number of ether oxygens (including phenoxy) is 18. The van der Waals surface area contributed by atoms with Gasteiger partial charge in [-0.3, -0.25) is 0 Å². The van der Waals surface area contributed by atoms with Gasteiger partial charge in [0.15, 0.2) is 69.0 Å². The lowest BCUT2D eigenvalue weighted by atomic mass is 10.1. The summed E-state index contributed by atoms with van der Waals surface area (Å²) in [5.74, 6) is 12.0. The Balaban J connectivity index is 0.000000136. The van der Waals surface area contributed by atoms with Crippen molar-refractivity contribution < 1.29 is 94.0 Å².